The normalized spacial score (nSPS) is 14.6. The predicted molar refractivity (Wildman–Crippen MR) is 278 cm³/mol. The highest BCUT2D eigenvalue weighted by Gasteiger charge is 2.38. The number of fused-ring (bicyclic) bond motifs is 3. The number of nitrogens with zero attached hydrogens (tertiary/aromatic N) is 1. The fraction of sp³-hybridized carbons (Fsp3) is 0.279. The first kappa shape index (κ1) is 48.7. The molecule has 0 atom stereocenters. The average Bonchev–Trinajstić information content (AvgIpc) is 3.46. The number of aryl methyl sites for hydroxylation is 2. The van der Waals surface area contributed by atoms with Crippen molar-refractivity contribution < 1.29 is 0 Å². The molecule has 0 aromatic heterocycles. The van der Waals surface area contributed by atoms with Gasteiger partial charge in [0.25, 0.3) is 0 Å². The van der Waals surface area contributed by atoms with Gasteiger partial charge in [-0.3, -0.25) is 0 Å². The van der Waals surface area contributed by atoms with Crippen LogP contribution in [0.5, 0.6) is 0 Å². The zero-order valence-electron chi connectivity index (χ0n) is 40.2. The van der Waals surface area contributed by atoms with Crippen LogP contribution in [0.3, 0.4) is 0 Å². The Bertz CT molecular complexity index is 2460. The van der Waals surface area contributed by atoms with E-state index in [4.69, 9.17) is 0 Å². The topological polar surface area (TPSA) is 3.24 Å². The van der Waals surface area contributed by atoms with E-state index in [0.29, 0.717) is 5.92 Å². The second kappa shape index (κ2) is 21.2. The van der Waals surface area contributed by atoms with Gasteiger partial charge in [0.15, 0.2) is 0 Å². The summed E-state index contributed by atoms with van der Waals surface area (Å²) in [5.41, 5.74) is 21.3. The molecule has 4 aromatic carbocycles. The number of allylic oxidation sites excluding steroid dienone is 12. The summed E-state index contributed by atoms with van der Waals surface area (Å²) < 4.78 is 0. The minimum atomic E-state index is -0.154. The van der Waals surface area contributed by atoms with Crippen LogP contribution >= 0.6 is 0 Å². The van der Waals surface area contributed by atoms with Crippen LogP contribution in [0, 0.1) is 19.8 Å². The van der Waals surface area contributed by atoms with Gasteiger partial charge in [-0.25, -0.2) is 0 Å². The molecule has 0 spiro atoms. The van der Waals surface area contributed by atoms with Gasteiger partial charge in [-0.1, -0.05) is 201 Å². The smallest absolute Gasteiger partial charge is 0.0543 e. The molecule has 1 heteroatoms. The van der Waals surface area contributed by atoms with E-state index in [-0.39, 0.29) is 10.8 Å². The number of hydrogen-bond acceptors (Lipinski definition) is 1. The number of hydrogen-bond donors (Lipinski definition) is 0. The van der Waals surface area contributed by atoms with Crippen molar-refractivity contribution in [1.82, 2.24) is 0 Å². The predicted octanol–water partition coefficient (Wildman–Crippen LogP) is 18.0. The molecule has 0 saturated carbocycles. The maximum Gasteiger partial charge on any atom is 0.0543 e. The fourth-order valence-corrected chi connectivity index (χ4v) is 8.81. The Morgan fingerprint density at radius 3 is 1.98 bits per heavy atom. The van der Waals surface area contributed by atoms with Crippen LogP contribution < -0.4 is 4.90 Å². The van der Waals surface area contributed by atoms with E-state index in [0.717, 1.165) is 41.0 Å². The summed E-state index contributed by atoms with van der Waals surface area (Å²) >= 11 is 0. The molecule has 2 aliphatic rings. The van der Waals surface area contributed by atoms with Gasteiger partial charge in [-0.15, -0.1) is 0 Å². The fourth-order valence-electron chi connectivity index (χ4n) is 8.81. The Morgan fingerprint density at radius 1 is 0.774 bits per heavy atom. The van der Waals surface area contributed by atoms with Crippen molar-refractivity contribution in [3.8, 4) is 11.1 Å². The highest BCUT2D eigenvalue weighted by molar-refractivity contribution is 5.95. The minimum Gasteiger partial charge on any atom is -0.310 e. The summed E-state index contributed by atoms with van der Waals surface area (Å²) in [6.45, 7) is 47.2. The molecule has 0 bridgehead atoms. The molecule has 0 heterocycles. The molecule has 62 heavy (non-hydrogen) atoms. The van der Waals surface area contributed by atoms with E-state index in [1.165, 1.54) is 66.8 Å². The number of anilines is 2. The molecule has 6 rings (SSSR count). The first-order chi connectivity index (χ1) is 29.4. The first-order valence-corrected chi connectivity index (χ1v) is 22.2. The Kier molecular flexibility index (Phi) is 16.7. The molecule has 1 nitrogen and oxygen atoms in total. The van der Waals surface area contributed by atoms with E-state index in [2.05, 4.69) is 200 Å². The van der Waals surface area contributed by atoms with Crippen LogP contribution in [0.1, 0.15) is 121 Å². The quantitative estimate of drug-likeness (QED) is 0.136. The SMILES string of the molecule is C=C/C(C)=C(\C=C/C)C1=C(C(C)C)C(C)=CCC1.C=C/C=C(\C=C)N(c1cccc(C(C)(C)C)c1)c1cc2c(c(C=C)c1C=C)-c1ccc(C)cc1C2(C)C.Cc1ccccc1. The molecule has 322 valence electrons. The van der Waals surface area contributed by atoms with Crippen molar-refractivity contribution in [3.05, 3.63) is 227 Å². The van der Waals surface area contributed by atoms with Crippen LogP contribution in [-0.2, 0) is 10.8 Å². The van der Waals surface area contributed by atoms with Gasteiger partial charge in [0.2, 0.25) is 0 Å². The van der Waals surface area contributed by atoms with Gasteiger partial charge >= 0.3 is 0 Å². The average molecular weight is 820 g/mol. The van der Waals surface area contributed by atoms with Gasteiger partial charge in [-0.05, 0) is 145 Å². The Hall–Kier alpha value is -5.92. The standard InChI is InChI=1S/C36H39N.C18H26.C7H8/c1-11-16-26(12-2)37(27-18-15-17-25(22-27)35(6,7)8)33-23-32-34(29(14-4)28(33)13-3)30-20-19-24(5)21-31(30)36(32,9)10;1-7-10-16(14(5)8-2)17-12-9-11-15(6)18(17)13(3)4;1-7-5-3-2-4-6-7/h11-23H,1-4H2,5-10H3;7-8,10-11,13H,2,9,12H2,1,3-6H3;2-6H,1H3/b26-16+;10-7-,16-14+;. The van der Waals surface area contributed by atoms with Crippen LogP contribution in [0.2, 0.25) is 0 Å². The Morgan fingerprint density at radius 2 is 1.45 bits per heavy atom. The summed E-state index contributed by atoms with van der Waals surface area (Å²) in [6, 6.07) is 28.2. The molecule has 0 fully saturated rings. The maximum atomic E-state index is 4.26. The molecule has 4 aromatic rings. The lowest BCUT2D eigenvalue weighted by molar-refractivity contribution is 0.590. The third kappa shape index (κ3) is 10.7. The largest absolute Gasteiger partial charge is 0.310 e. The van der Waals surface area contributed by atoms with Crippen molar-refractivity contribution >= 4 is 23.5 Å². The Balaban J connectivity index is 0.000000278. The number of rotatable bonds is 11. The third-order valence-corrected chi connectivity index (χ3v) is 12.1. The second-order valence-corrected chi connectivity index (χ2v) is 18.3. The zero-order chi connectivity index (χ0) is 45.9. The number of benzene rings is 4. The highest BCUT2D eigenvalue weighted by atomic mass is 15.1. The lowest BCUT2D eigenvalue weighted by atomic mass is 9.80. The van der Waals surface area contributed by atoms with Gasteiger partial charge in [0.1, 0.15) is 0 Å². The molecular formula is C61H73N. The Labute approximate surface area is 377 Å². The summed E-state index contributed by atoms with van der Waals surface area (Å²) in [4.78, 5) is 2.28. The van der Waals surface area contributed by atoms with E-state index in [1.807, 2.05) is 54.7 Å². The summed E-state index contributed by atoms with van der Waals surface area (Å²) in [6.07, 6.45) is 20.7. The molecule has 2 aliphatic carbocycles. The van der Waals surface area contributed by atoms with Crippen LogP contribution in [0.4, 0.5) is 11.4 Å². The molecule has 0 amide bonds. The summed E-state index contributed by atoms with van der Waals surface area (Å²) in [7, 11) is 0. The van der Waals surface area contributed by atoms with Gasteiger partial charge in [0, 0.05) is 22.4 Å². The van der Waals surface area contributed by atoms with Crippen LogP contribution in [-0.4, -0.2) is 0 Å². The van der Waals surface area contributed by atoms with Crippen molar-refractivity contribution in [1.29, 1.82) is 0 Å². The third-order valence-electron chi connectivity index (χ3n) is 12.1. The zero-order valence-corrected chi connectivity index (χ0v) is 40.2. The van der Waals surface area contributed by atoms with E-state index >= 15 is 0 Å². The van der Waals surface area contributed by atoms with Crippen molar-refractivity contribution in [2.75, 3.05) is 4.90 Å². The first-order valence-electron chi connectivity index (χ1n) is 22.2. The van der Waals surface area contributed by atoms with E-state index in [1.54, 1.807) is 0 Å². The van der Waals surface area contributed by atoms with Crippen molar-refractivity contribution in [2.24, 2.45) is 5.92 Å². The molecule has 0 unspecified atom stereocenters. The van der Waals surface area contributed by atoms with Gasteiger partial charge in [-0.2, -0.15) is 0 Å². The lowest BCUT2D eigenvalue weighted by Crippen LogP contribution is -2.21. The lowest BCUT2D eigenvalue weighted by Gasteiger charge is -2.32. The van der Waals surface area contributed by atoms with E-state index < -0.39 is 0 Å². The van der Waals surface area contributed by atoms with Crippen LogP contribution in [0.25, 0.3) is 23.3 Å². The summed E-state index contributed by atoms with van der Waals surface area (Å²) in [5.74, 6) is 0.578. The van der Waals surface area contributed by atoms with Crippen LogP contribution in [0.15, 0.2) is 188 Å². The monoisotopic (exact) mass is 820 g/mol. The van der Waals surface area contributed by atoms with Crippen molar-refractivity contribution in [3.63, 3.8) is 0 Å². The van der Waals surface area contributed by atoms with Crippen molar-refractivity contribution in [2.45, 2.75) is 107 Å². The highest BCUT2D eigenvalue weighted by Crippen LogP contribution is 2.54. The minimum absolute atomic E-state index is 0.0190. The molecule has 0 aliphatic heterocycles. The molecule has 0 N–H and O–H groups in total. The maximum absolute atomic E-state index is 4.26. The van der Waals surface area contributed by atoms with E-state index in [9.17, 15) is 0 Å². The molecule has 0 radical (unpaired) electrons. The second-order valence-electron chi connectivity index (χ2n) is 18.3. The molecule has 0 saturated heterocycles. The summed E-state index contributed by atoms with van der Waals surface area (Å²) in [5, 5.41) is 0. The van der Waals surface area contributed by atoms with Gasteiger partial charge < -0.3 is 4.90 Å². The molecular weight excluding hydrogens is 747 g/mol. The van der Waals surface area contributed by atoms with Gasteiger partial charge in [0.05, 0.1) is 5.69 Å².